The van der Waals surface area contributed by atoms with Crippen molar-refractivity contribution in [1.29, 1.82) is 0 Å². The van der Waals surface area contributed by atoms with E-state index in [-0.39, 0.29) is 22.6 Å². The number of rotatable bonds is 6. The molecule has 0 unspecified atom stereocenters. The third-order valence-electron chi connectivity index (χ3n) is 4.30. The molecule has 0 spiro atoms. The molecule has 0 atom stereocenters. The maximum absolute atomic E-state index is 11.0. The van der Waals surface area contributed by atoms with Crippen LogP contribution in [0.15, 0.2) is 22.7 Å². The number of hydrogen-bond acceptors (Lipinski definition) is 4. The largest absolute Gasteiger partial charge is 0.396 e. The average molecular weight is 357 g/mol. The molecule has 1 fully saturated rings. The van der Waals surface area contributed by atoms with Gasteiger partial charge in [-0.05, 0) is 25.0 Å². The van der Waals surface area contributed by atoms with Crippen molar-refractivity contribution in [2.24, 2.45) is 5.41 Å². The molecule has 0 amide bonds. The first-order chi connectivity index (χ1) is 10.1. The summed E-state index contributed by atoms with van der Waals surface area (Å²) in [6.45, 7) is 1.32. The molecule has 116 valence electrons. The normalized spacial score (nSPS) is 17.6. The van der Waals surface area contributed by atoms with Crippen LogP contribution in [-0.4, -0.2) is 23.2 Å². The van der Waals surface area contributed by atoms with Crippen LogP contribution in [0.3, 0.4) is 0 Å². The average Bonchev–Trinajstić information content (AvgIpc) is 2.48. The van der Waals surface area contributed by atoms with Gasteiger partial charge >= 0.3 is 0 Å². The Balaban J connectivity index is 1.99. The van der Waals surface area contributed by atoms with Crippen LogP contribution in [0.4, 0.5) is 5.69 Å². The molecule has 0 bridgehead atoms. The molecular weight excluding hydrogens is 336 g/mol. The van der Waals surface area contributed by atoms with Gasteiger partial charge in [-0.1, -0.05) is 35.2 Å². The molecule has 2 N–H and O–H groups in total. The SMILES string of the molecule is O=[N+]([O-])c1ccc(Br)cc1CNCC1(CO)CCCCC1. The van der Waals surface area contributed by atoms with Crippen molar-refractivity contribution in [1.82, 2.24) is 5.32 Å². The van der Waals surface area contributed by atoms with Crippen molar-refractivity contribution in [3.05, 3.63) is 38.3 Å². The van der Waals surface area contributed by atoms with Crippen molar-refractivity contribution in [3.8, 4) is 0 Å². The van der Waals surface area contributed by atoms with Crippen LogP contribution in [0.2, 0.25) is 0 Å². The van der Waals surface area contributed by atoms with Gasteiger partial charge in [-0.25, -0.2) is 0 Å². The van der Waals surface area contributed by atoms with E-state index in [4.69, 9.17) is 0 Å². The monoisotopic (exact) mass is 356 g/mol. The summed E-state index contributed by atoms with van der Waals surface area (Å²) in [7, 11) is 0. The van der Waals surface area contributed by atoms with E-state index in [0.29, 0.717) is 18.7 Å². The number of nitro benzene ring substituents is 1. The van der Waals surface area contributed by atoms with Gasteiger partial charge in [-0.2, -0.15) is 0 Å². The second kappa shape index (κ2) is 7.33. The molecule has 1 aromatic carbocycles. The van der Waals surface area contributed by atoms with E-state index in [0.717, 1.165) is 30.2 Å². The molecule has 1 saturated carbocycles. The summed E-state index contributed by atoms with van der Waals surface area (Å²) in [6, 6.07) is 4.97. The summed E-state index contributed by atoms with van der Waals surface area (Å²) < 4.78 is 0.833. The Labute approximate surface area is 133 Å². The third-order valence-corrected chi connectivity index (χ3v) is 4.80. The van der Waals surface area contributed by atoms with Gasteiger partial charge < -0.3 is 10.4 Å². The Kier molecular flexibility index (Phi) is 5.72. The number of halogens is 1. The van der Waals surface area contributed by atoms with Crippen molar-refractivity contribution < 1.29 is 10.0 Å². The molecule has 2 rings (SSSR count). The number of hydrogen-bond donors (Lipinski definition) is 2. The first-order valence-electron chi connectivity index (χ1n) is 7.31. The Morgan fingerprint density at radius 2 is 2.05 bits per heavy atom. The molecule has 0 aromatic heterocycles. The minimum atomic E-state index is -0.355. The van der Waals surface area contributed by atoms with Crippen molar-refractivity contribution in [3.63, 3.8) is 0 Å². The van der Waals surface area contributed by atoms with E-state index in [1.165, 1.54) is 12.5 Å². The molecule has 0 saturated heterocycles. The predicted octanol–water partition coefficient (Wildman–Crippen LogP) is 3.39. The standard InChI is InChI=1S/C15H21BrN2O3/c16-13-4-5-14(18(20)21)12(8-13)9-17-10-15(11-19)6-2-1-3-7-15/h4-5,8,17,19H,1-3,6-7,9-11H2. The summed E-state index contributed by atoms with van der Waals surface area (Å²) in [5, 5.41) is 24.0. The van der Waals surface area contributed by atoms with Crippen LogP contribution in [0.1, 0.15) is 37.7 Å². The Hall–Kier alpha value is -0.980. The van der Waals surface area contributed by atoms with Crippen molar-refractivity contribution in [2.75, 3.05) is 13.2 Å². The maximum atomic E-state index is 11.0. The van der Waals surface area contributed by atoms with E-state index in [9.17, 15) is 15.2 Å². The molecule has 1 aromatic rings. The lowest BCUT2D eigenvalue weighted by Gasteiger charge is -2.35. The third kappa shape index (κ3) is 4.25. The lowest BCUT2D eigenvalue weighted by atomic mass is 9.74. The van der Waals surface area contributed by atoms with Gasteiger partial charge in [0, 0.05) is 41.2 Å². The Bertz CT molecular complexity index is 502. The molecule has 0 radical (unpaired) electrons. The minimum Gasteiger partial charge on any atom is -0.396 e. The molecule has 0 heterocycles. The molecule has 0 aliphatic heterocycles. The van der Waals surface area contributed by atoms with E-state index in [1.807, 2.05) is 0 Å². The van der Waals surface area contributed by atoms with Crippen LogP contribution < -0.4 is 5.32 Å². The summed E-state index contributed by atoms with van der Waals surface area (Å²) in [5.74, 6) is 0. The Morgan fingerprint density at radius 1 is 1.33 bits per heavy atom. The van der Waals surface area contributed by atoms with Gasteiger partial charge in [0.15, 0.2) is 0 Å². The highest BCUT2D eigenvalue weighted by Crippen LogP contribution is 2.35. The van der Waals surface area contributed by atoms with E-state index >= 15 is 0 Å². The van der Waals surface area contributed by atoms with Crippen LogP contribution in [0.5, 0.6) is 0 Å². The van der Waals surface area contributed by atoms with Gasteiger partial charge in [-0.15, -0.1) is 0 Å². The summed E-state index contributed by atoms with van der Waals surface area (Å²) in [5.41, 5.74) is 0.740. The first-order valence-corrected chi connectivity index (χ1v) is 8.10. The molecule has 1 aliphatic rings. The topological polar surface area (TPSA) is 75.4 Å². The van der Waals surface area contributed by atoms with Crippen LogP contribution >= 0.6 is 15.9 Å². The lowest BCUT2D eigenvalue weighted by Crippen LogP contribution is -2.38. The molecule has 6 heteroatoms. The van der Waals surface area contributed by atoms with Crippen LogP contribution in [0.25, 0.3) is 0 Å². The predicted molar refractivity (Wildman–Crippen MR) is 85.1 cm³/mol. The number of nitro groups is 1. The van der Waals surface area contributed by atoms with Crippen LogP contribution in [-0.2, 0) is 6.54 Å². The second-order valence-electron chi connectivity index (χ2n) is 5.85. The maximum Gasteiger partial charge on any atom is 0.273 e. The number of nitrogens with zero attached hydrogens (tertiary/aromatic N) is 1. The number of nitrogens with one attached hydrogen (secondary N) is 1. The van der Waals surface area contributed by atoms with Gasteiger partial charge in [0.05, 0.1) is 4.92 Å². The zero-order valence-corrected chi connectivity index (χ0v) is 13.6. The van der Waals surface area contributed by atoms with Gasteiger partial charge in [-0.3, -0.25) is 10.1 Å². The fraction of sp³-hybridized carbons (Fsp3) is 0.600. The highest BCUT2D eigenvalue weighted by atomic mass is 79.9. The van der Waals surface area contributed by atoms with Gasteiger partial charge in [0.2, 0.25) is 0 Å². The van der Waals surface area contributed by atoms with Gasteiger partial charge in [0.1, 0.15) is 0 Å². The van der Waals surface area contributed by atoms with Crippen molar-refractivity contribution >= 4 is 21.6 Å². The summed E-state index contributed by atoms with van der Waals surface area (Å²) in [4.78, 5) is 10.7. The number of aliphatic hydroxyl groups excluding tert-OH is 1. The van der Waals surface area contributed by atoms with E-state index < -0.39 is 0 Å². The Morgan fingerprint density at radius 3 is 2.67 bits per heavy atom. The van der Waals surface area contributed by atoms with Gasteiger partial charge in [0.25, 0.3) is 5.69 Å². The first kappa shape index (κ1) is 16.4. The number of benzene rings is 1. The van der Waals surface area contributed by atoms with Crippen molar-refractivity contribution in [2.45, 2.75) is 38.6 Å². The summed E-state index contributed by atoms with van der Waals surface area (Å²) >= 11 is 3.35. The van der Waals surface area contributed by atoms with Crippen LogP contribution in [0, 0.1) is 15.5 Å². The molecule has 1 aliphatic carbocycles. The molecule has 5 nitrogen and oxygen atoms in total. The zero-order chi connectivity index (χ0) is 15.3. The minimum absolute atomic E-state index is 0.0565. The smallest absolute Gasteiger partial charge is 0.273 e. The fourth-order valence-corrected chi connectivity index (χ4v) is 3.44. The number of aliphatic hydroxyl groups is 1. The molecular formula is C15H21BrN2O3. The van der Waals surface area contributed by atoms with E-state index in [1.54, 1.807) is 12.1 Å². The molecule has 21 heavy (non-hydrogen) atoms. The highest BCUT2D eigenvalue weighted by molar-refractivity contribution is 9.10. The second-order valence-corrected chi connectivity index (χ2v) is 6.77. The lowest BCUT2D eigenvalue weighted by molar-refractivity contribution is -0.385. The zero-order valence-electron chi connectivity index (χ0n) is 12.0. The highest BCUT2D eigenvalue weighted by Gasteiger charge is 2.31. The fourth-order valence-electron chi connectivity index (χ4n) is 3.03. The van der Waals surface area contributed by atoms with E-state index in [2.05, 4.69) is 21.2 Å². The summed E-state index contributed by atoms with van der Waals surface area (Å²) in [6.07, 6.45) is 5.59. The quantitative estimate of drug-likeness (QED) is 0.605.